The van der Waals surface area contributed by atoms with Gasteiger partial charge in [-0.15, -0.1) is 0 Å². The van der Waals surface area contributed by atoms with Gasteiger partial charge in [0.15, 0.2) is 0 Å². The largest absolute Gasteiger partial charge is 0.353 e. The van der Waals surface area contributed by atoms with Gasteiger partial charge in [0.25, 0.3) is 0 Å². The summed E-state index contributed by atoms with van der Waals surface area (Å²) < 4.78 is 2.38. The molecule has 1 saturated carbocycles. The van der Waals surface area contributed by atoms with Gasteiger partial charge in [-0.05, 0) is 45.4 Å². The molecular weight excluding hydrogens is 222 g/mol. The summed E-state index contributed by atoms with van der Waals surface area (Å²) in [5.74, 6) is 2.69. The highest BCUT2D eigenvalue weighted by molar-refractivity contribution is 5.31. The fourth-order valence-corrected chi connectivity index (χ4v) is 3.33. The van der Waals surface area contributed by atoms with Crippen molar-refractivity contribution in [3.63, 3.8) is 0 Å². The van der Waals surface area contributed by atoms with E-state index >= 15 is 0 Å². The Kier molecular flexibility index (Phi) is 3.98. The van der Waals surface area contributed by atoms with Crippen LogP contribution in [0.1, 0.15) is 58.7 Å². The average Bonchev–Trinajstić information content (AvgIpc) is 2.81. The SMILES string of the molecule is CCC1CCC(n2cc(C)nc2NC(C)C)C1C. The number of rotatable bonds is 4. The number of nitrogens with zero attached hydrogens (tertiary/aromatic N) is 2. The molecule has 0 aromatic carbocycles. The summed E-state index contributed by atoms with van der Waals surface area (Å²) in [6, 6.07) is 1.06. The van der Waals surface area contributed by atoms with Crippen LogP contribution in [0.3, 0.4) is 0 Å². The number of aromatic nitrogens is 2. The smallest absolute Gasteiger partial charge is 0.203 e. The van der Waals surface area contributed by atoms with E-state index in [2.05, 4.69) is 55.7 Å². The Hall–Kier alpha value is -0.990. The molecular formula is C15H27N3. The van der Waals surface area contributed by atoms with Gasteiger partial charge in [-0.3, -0.25) is 0 Å². The number of nitrogens with one attached hydrogen (secondary N) is 1. The average molecular weight is 249 g/mol. The highest BCUT2D eigenvalue weighted by Gasteiger charge is 2.33. The molecule has 3 nitrogen and oxygen atoms in total. The number of anilines is 1. The van der Waals surface area contributed by atoms with Crippen molar-refractivity contribution in [2.45, 2.75) is 66.0 Å². The van der Waals surface area contributed by atoms with Crippen LogP contribution in [-0.4, -0.2) is 15.6 Å². The molecule has 0 aliphatic heterocycles. The lowest BCUT2D eigenvalue weighted by Gasteiger charge is -2.23. The highest BCUT2D eigenvalue weighted by Crippen LogP contribution is 2.42. The molecule has 1 aromatic heterocycles. The molecule has 0 saturated heterocycles. The Morgan fingerprint density at radius 1 is 1.44 bits per heavy atom. The quantitative estimate of drug-likeness (QED) is 0.873. The Bertz CT molecular complexity index is 394. The third-order valence-electron chi connectivity index (χ3n) is 4.34. The zero-order valence-electron chi connectivity index (χ0n) is 12.4. The molecule has 1 aliphatic rings. The van der Waals surface area contributed by atoms with Crippen molar-refractivity contribution in [1.29, 1.82) is 0 Å². The van der Waals surface area contributed by atoms with E-state index in [1.807, 2.05) is 0 Å². The molecule has 1 fully saturated rings. The molecule has 0 bridgehead atoms. The van der Waals surface area contributed by atoms with E-state index in [-0.39, 0.29) is 0 Å². The van der Waals surface area contributed by atoms with Crippen LogP contribution in [0, 0.1) is 18.8 Å². The maximum atomic E-state index is 4.63. The van der Waals surface area contributed by atoms with E-state index in [4.69, 9.17) is 0 Å². The molecule has 2 rings (SSSR count). The summed E-state index contributed by atoms with van der Waals surface area (Å²) >= 11 is 0. The molecule has 3 heteroatoms. The van der Waals surface area contributed by atoms with E-state index in [1.54, 1.807) is 0 Å². The summed E-state index contributed by atoms with van der Waals surface area (Å²) in [6.45, 7) is 11.1. The van der Waals surface area contributed by atoms with Crippen LogP contribution in [0.15, 0.2) is 6.20 Å². The number of hydrogen-bond donors (Lipinski definition) is 1. The topological polar surface area (TPSA) is 29.9 Å². The van der Waals surface area contributed by atoms with Crippen molar-refractivity contribution in [3.05, 3.63) is 11.9 Å². The summed E-state index contributed by atoms with van der Waals surface area (Å²) in [7, 11) is 0. The third-order valence-corrected chi connectivity index (χ3v) is 4.34. The summed E-state index contributed by atoms with van der Waals surface area (Å²) in [5.41, 5.74) is 1.12. The molecule has 102 valence electrons. The van der Waals surface area contributed by atoms with Crippen LogP contribution in [0.5, 0.6) is 0 Å². The van der Waals surface area contributed by atoms with Gasteiger partial charge in [-0.25, -0.2) is 4.98 Å². The molecule has 3 unspecified atom stereocenters. The standard InChI is InChI=1S/C15H27N3/c1-6-13-7-8-14(12(13)5)18-9-11(4)17-15(18)16-10(2)3/h9-10,12-14H,6-8H2,1-5H3,(H,16,17). The maximum Gasteiger partial charge on any atom is 0.203 e. The van der Waals surface area contributed by atoms with Crippen molar-refractivity contribution in [3.8, 4) is 0 Å². The normalized spacial score (nSPS) is 28.0. The third kappa shape index (κ3) is 2.55. The van der Waals surface area contributed by atoms with Crippen LogP contribution >= 0.6 is 0 Å². The molecule has 0 spiro atoms. The first-order valence-corrected chi connectivity index (χ1v) is 7.35. The summed E-state index contributed by atoms with van der Waals surface area (Å²) in [4.78, 5) is 4.63. The predicted molar refractivity (Wildman–Crippen MR) is 76.9 cm³/mol. The Labute approximate surface area is 111 Å². The van der Waals surface area contributed by atoms with Crippen LogP contribution in [0.4, 0.5) is 5.95 Å². The molecule has 1 N–H and O–H groups in total. The molecule has 1 heterocycles. The first-order chi connectivity index (χ1) is 8.52. The van der Waals surface area contributed by atoms with Gasteiger partial charge in [0, 0.05) is 18.3 Å². The van der Waals surface area contributed by atoms with Gasteiger partial charge in [0.05, 0.1) is 5.69 Å². The second kappa shape index (κ2) is 5.33. The second-order valence-electron chi connectivity index (χ2n) is 6.08. The number of imidazole rings is 1. The Morgan fingerprint density at radius 2 is 2.17 bits per heavy atom. The first kappa shape index (κ1) is 13.4. The van der Waals surface area contributed by atoms with E-state index in [9.17, 15) is 0 Å². The maximum absolute atomic E-state index is 4.63. The van der Waals surface area contributed by atoms with Crippen molar-refractivity contribution >= 4 is 5.95 Å². The van der Waals surface area contributed by atoms with E-state index < -0.39 is 0 Å². The lowest BCUT2D eigenvalue weighted by Crippen LogP contribution is -2.20. The minimum Gasteiger partial charge on any atom is -0.353 e. The van der Waals surface area contributed by atoms with Crippen molar-refractivity contribution < 1.29 is 0 Å². The fourth-order valence-electron chi connectivity index (χ4n) is 3.33. The van der Waals surface area contributed by atoms with Gasteiger partial charge in [0.2, 0.25) is 5.95 Å². The molecule has 0 amide bonds. The second-order valence-corrected chi connectivity index (χ2v) is 6.08. The zero-order chi connectivity index (χ0) is 13.3. The van der Waals surface area contributed by atoms with Crippen LogP contribution in [-0.2, 0) is 0 Å². The van der Waals surface area contributed by atoms with Gasteiger partial charge in [-0.1, -0.05) is 20.3 Å². The van der Waals surface area contributed by atoms with E-state index in [0.29, 0.717) is 12.1 Å². The van der Waals surface area contributed by atoms with Gasteiger partial charge in [0.1, 0.15) is 0 Å². The minimum atomic E-state index is 0.434. The minimum absolute atomic E-state index is 0.434. The van der Waals surface area contributed by atoms with Crippen LogP contribution in [0.2, 0.25) is 0 Å². The van der Waals surface area contributed by atoms with E-state index in [0.717, 1.165) is 23.5 Å². The Balaban J connectivity index is 2.22. The van der Waals surface area contributed by atoms with Gasteiger partial charge >= 0.3 is 0 Å². The van der Waals surface area contributed by atoms with E-state index in [1.165, 1.54) is 19.3 Å². The molecule has 3 atom stereocenters. The van der Waals surface area contributed by atoms with Crippen molar-refractivity contribution in [1.82, 2.24) is 9.55 Å². The van der Waals surface area contributed by atoms with Gasteiger partial charge < -0.3 is 9.88 Å². The number of aryl methyl sites for hydroxylation is 1. The molecule has 1 aliphatic carbocycles. The zero-order valence-corrected chi connectivity index (χ0v) is 12.4. The molecule has 1 aromatic rings. The molecule has 0 radical (unpaired) electrons. The highest BCUT2D eigenvalue weighted by atomic mass is 15.2. The van der Waals surface area contributed by atoms with Crippen molar-refractivity contribution in [2.75, 3.05) is 5.32 Å². The van der Waals surface area contributed by atoms with Crippen molar-refractivity contribution in [2.24, 2.45) is 11.8 Å². The molecule has 18 heavy (non-hydrogen) atoms. The predicted octanol–water partition coefficient (Wildman–Crippen LogP) is 4.01. The first-order valence-electron chi connectivity index (χ1n) is 7.35. The summed E-state index contributed by atoms with van der Waals surface area (Å²) in [6.07, 6.45) is 6.17. The van der Waals surface area contributed by atoms with Crippen LogP contribution < -0.4 is 5.32 Å². The van der Waals surface area contributed by atoms with Crippen LogP contribution in [0.25, 0.3) is 0 Å². The fraction of sp³-hybridized carbons (Fsp3) is 0.800. The monoisotopic (exact) mass is 249 g/mol. The Morgan fingerprint density at radius 3 is 2.72 bits per heavy atom. The lowest BCUT2D eigenvalue weighted by molar-refractivity contribution is 0.331. The number of hydrogen-bond acceptors (Lipinski definition) is 2. The summed E-state index contributed by atoms with van der Waals surface area (Å²) in [5, 5.41) is 3.48. The van der Waals surface area contributed by atoms with Gasteiger partial charge in [-0.2, -0.15) is 0 Å². The lowest BCUT2D eigenvalue weighted by atomic mass is 9.93.